The monoisotopic (exact) mass is 363 g/mol. The second-order valence-corrected chi connectivity index (χ2v) is 6.72. The summed E-state index contributed by atoms with van der Waals surface area (Å²) in [6.07, 6.45) is 1.78. The van der Waals surface area contributed by atoms with E-state index >= 15 is 0 Å². The molecule has 0 spiro atoms. The van der Waals surface area contributed by atoms with E-state index in [1.807, 2.05) is 36.4 Å². The number of pyridine rings is 1. The van der Waals surface area contributed by atoms with Crippen LogP contribution in [0.3, 0.4) is 0 Å². The molecular weight excluding hydrogens is 350 g/mol. The van der Waals surface area contributed by atoms with Gasteiger partial charge < -0.3 is 10.5 Å². The smallest absolute Gasteiger partial charge is 0.213 e. The van der Waals surface area contributed by atoms with Crippen LogP contribution in [-0.2, 0) is 0 Å². The van der Waals surface area contributed by atoms with Crippen LogP contribution < -0.4 is 16.0 Å². The molecule has 0 fully saturated rings. The first-order chi connectivity index (χ1) is 12.7. The summed E-state index contributed by atoms with van der Waals surface area (Å²) in [5.41, 5.74) is 8.46. The zero-order valence-corrected chi connectivity index (χ0v) is 14.5. The van der Waals surface area contributed by atoms with Crippen LogP contribution in [0, 0.1) is 5.41 Å². The third-order valence-corrected chi connectivity index (χ3v) is 5.20. The van der Waals surface area contributed by atoms with Crippen LogP contribution in [0.2, 0.25) is 0 Å². The molecular formula is C17H13N7OS. The lowest BCUT2D eigenvalue weighted by Crippen LogP contribution is -2.15. The highest BCUT2D eigenvalue weighted by atomic mass is 32.1. The number of rotatable bonds is 2. The summed E-state index contributed by atoms with van der Waals surface area (Å²) in [5.74, 6) is 1.12. The predicted molar refractivity (Wildman–Crippen MR) is 99.8 cm³/mol. The molecule has 0 saturated heterocycles. The van der Waals surface area contributed by atoms with Gasteiger partial charge in [0.25, 0.3) is 0 Å². The molecule has 3 N–H and O–H groups in total. The van der Waals surface area contributed by atoms with Crippen molar-refractivity contribution in [2.24, 2.45) is 0 Å². The van der Waals surface area contributed by atoms with E-state index in [-0.39, 0.29) is 5.49 Å². The fourth-order valence-corrected chi connectivity index (χ4v) is 3.88. The van der Waals surface area contributed by atoms with Gasteiger partial charge >= 0.3 is 0 Å². The summed E-state index contributed by atoms with van der Waals surface area (Å²) in [6, 6.07) is 11.2. The van der Waals surface area contributed by atoms with E-state index in [9.17, 15) is 0 Å². The van der Waals surface area contributed by atoms with Gasteiger partial charge in [0.1, 0.15) is 28.1 Å². The van der Waals surface area contributed by atoms with Gasteiger partial charge in [-0.1, -0.05) is 17.4 Å². The van der Waals surface area contributed by atoms with Crippen molar-refractivity contribution < 1.29 is 4.74 Å². The Hall–Kier alpha value is -3.46. The van der Waals surface area contributed by atoms with Crippen molar-refractivity contribution in [2.75, 3.05) is 12.8 Å². The summed E-state index contributed by atoms with van der Waals surface area (Å²) in [5, 5.41) is 14.1. The first kappa shape index (κ1) is 14.8. The molecule has 0 atom stereocenters. The quantitative estimate of drug-likeness (QED) is 0.501. The Morgan fingerprint density at radius 2 is 2.08 bits per heavy atom. The molecule has 5 aromatic rings. The zero-order valence-electron chi connectivity index (χ0n) is 13.7. The lowest BCUT2D eigenvalue weighted by Gasteiger charge is -2.00. The van der Waals surface area contributed by atoms with Crippen LogP contribution in [-0.4, -0.2) is 31.3 Å². The molecule has 0 saturated carbocycles. The second-order valence-electron chi connectivity index (χ2n) is 5.71. The molecule has 0 aliphatic rings. The first-order valence-corrected chi connectivity index (χ1v) is 8.62. The van der Waals surface area contributed by atoms with E-state index < -0.39 is 0 Å². The number of nitrogens with two attached hydrogens (primary N) is 1. The Labute approximate surface area is 150 Å². The van der Waals surface area contributed by atoms with Crippen LogP contribution in [0.5, 0.6) is 5.75 Å². The first-order valence-electron chi connectivity index (χ1n) is 7.81. The number of ether oxygens (including phenoxy) is 1. The number of nitrogens with one attached hydrogen (secondary N) is 1. The molecule has 8 nitrogen and oxygen atoms in total. The van der Waals surface area contributed by atoms with Crippen LogP contribution in [0.4, 0.5) is 5.82 Å². The van der Waals surface area contributed by atoms with Crippen molar-refractivity contribution in [3.63, 3.8) is 0 Å². The third kappa shape index (κ3) is 2.01. The highest BCUT2D eigenvalue weighted by molar-refractivity contribution is 7.20. The van der Waals surface area contributed by atoms with Crippen molar-refractivity contribution in [1.82, 2.24) is 24.1 Å². The molecule has 9 heteroatoms. The Bertz CT molecular complexity index is 1360. The summed E-state index contributed by atoms with van der Waals surface area (Å²) < 4.78 is 9.45. The number of anilines is 1. The molecule has 0 radical (unpaired) electrons. The average molecular weight is 363 g/mol. The highest BCUT2D eigenvalue weighted by Crippen LogP contribution is 2.30. The summed E-state index contributed by atoms with van der Waals surface area (Å²) in [4.78, 5) is 9.12. The van der Waals surface area contributed by atoms with Crippen LogP contribution in [0.25, 0.3) is 32.0 Å². The van der Waals surface area contributed by atoms with Gasteiger partial charge in [0.15, 0.2) is 5.65 Å². The largest absolute Gasteiger partial charge is 0.497 e. The summed E-state index contributed by atoms with van der Waals surface area (Å²) >= 11 is 1.45. The van der Waals surface area contributed by atoms with E-state index in [1.165, 1.54) is 11.3 Å². The molecule has 4 heterocycles. The van der Waals surface area contributed by atoms with Gasteiger partial charge in [0.05, 0.1) is 17.3 Å². The fourth-order valence-electron chi connectivity index (χ4n) is 2.92. The lowest BCUT2D eigenvalue weighted by molar-refractivity contribution is 0.415. The summed E-state index contributed by atoms with van der Waals surface area (Å²) in [7, 11) is 1.63. The predicted octanol–water partition coefficient (Wildman–Crippen LogP) is 2.35. The Kier molecular flexibility index (Phi) is 3.01. The minimum Gasteiger partial charge on any atom is -0.497 e. The molecule has 128 valence electrons. The molecule has 0 unspecified atom stereocenters. The van der Waals surface area contributed by atoms with Crippen molar-refractivity contribution in [3.05, 3.63) is 48.1 Å². The molecule has 0 aliphatic heterocycles. The standard InChI is InChI=1S/C17H13N7OS/c1-25-9-5-6-10-11(8-9)26-17(20-10)24-15(19)13-14(18)23-7-3-2-4-12(23)21-16(13)22-24/h2-8,18H,19H2,1H3. The number of hydrogen-bond acceptors (Lipinski definition) is 7. The fraction of sp³-hybridized carbons (Fsp3) is 0.0588. The molecule has 0 aliphatic carbocycles. The van der Waals surface area contributed by atoms with E-state index in [0.717, 1.165) is 16.0 Å². The maximum Gasteiger partial charge on any atom is 0.213 e. The van der Waals surface area contributed by atoms with Gasteiger partial charge in [-0.05, 0) is 30.3 Å². The number of benzene rings is 1. The van der Waals surface area contributed by atoms with Crippen molar-refractivity contribution >= 4 is 44.1 Å². The Morgan fingerprint density at radius 1 is 1.19 bits per heavy atom. The van der Waals surface area contributed by atoms with Crippen LogP contribution in [0.15, 0.2) is 42.6 Å². The van der Waals surface area contributed by atoms with Gasteiger partial charge in [-0.15, -0.1) is 5.10 Å². The van der Waals surface area contributed by atoms with Gasteiger partial charge in [-0.25, -0.2) is 9.97 Å². The van der Waals surface area contributed by atoms with Crippen molar-refractivity contribution in [1.29, 1.82) is 5.41 Å². The van der Waals surface area contributed by atoms with E-state index in [1.54, 1.807) is 22.4 Å². The topological polar surface area (TPSA) is 107 Å². The van der Waals surface area contributed by atoms with Gasteiger partial charge in [0.2, 0.25) is 5.13 Å². The second kappa shape index (κ2) is 5.27. The molecule has 4 aromatic heterocycles. The van der Waals surface area contributed by atoms with Gasteiger partial charge in [0, 0.05) is 6.20 Å². The number of nitrogens with zero attached hydrogens (tertiary/aromatic N) is 5. The minimum absolute atomic E-state index is 0.247. The molecule has 0 bridgehead atoms. The maximum atomic E-state index is 8.47. The van der Waals surface area contributed by atoms with E-state index in [0.29, 0.717) is 27.6 Å². The summed E-state index contributed by atoms with van der Waals surface area (Å²) in [6.45, 7) is 0. The van der Waals surface area contributed by atoms with Crippen molar-refractivity contribution in [2.45, 2.75) is 0 Å². The Balaban J connectivity index is 1.79. The number of nitrogen functional groups attached to an aromatic ring is 1. The minimum atomic E-state index is 0.247. The number of hydrogen-bond donors (Lipinski definition) is 2. The average Bonchev–Trinajstić information content (AvgIpc) is 3.22. The molecule has 1 aromatic carbocycles. The molecule has 5 rings (SSSR count). The highest BCUT2D eigenvalue weighted by Gasteiger charge is 2.17. The SMILES string of the molecule is COc1ccc2nc(-n3nc4nc5ccccn5c(=N)c4c3N)sc2c1. The molecule has 26 heavy (non-hydrogen) atoms. The zero-order chi connectivity index (χ0) is 17.8. The van der Waals surface area contributed by atoms with E-state index in [2.05, 4.69) is 15.1 Å². The number of thiazole rings is 1. The maximum absolute atomic E-state index is 8.47. The van der Waals surface area contributed by atoms with Crippen LogP contribution in [0.1, 0.15) is 0 Å². The lowest BCUT2D eigenvalue weighted by atomic mass is 10.3. The normalized spacial score (nSPS) is 11.6. The number of aromatic nitrogens is 5. The van der Waals surface area contributed by atoms with Gasteiger partial charge in [-0.2, -0.15) is 4.68 Å². The van der Waals surface area contributed by atoms with Gasteiger partial charge in [-0.3, -0.25) is 9.81 Å². The van der Waals surface area contributed by atoms with Crippen molar-refractivity contribution in [3.8, 4) is 10.9 Å². The number of fused-ring (bicyclic) bond motifs is 3. The number of methoxy groups -OCH3 is 1. The molecule has 0 amide bonds. The van der Waals surface area contributed by atoms with Crippen LogP contribution >= 0.6 is 11.3 Å². The third-order valence-electron chi connectivity index (χ3n) is 4.20. The Morgan fingerprint density at radius 3 is 2.92 bits per heavy atom. The van der Waals surface area contributed by atoms with E-state index in [4.69, 9.17) is 15.9 Å².